The van der Waals surface area contributed by atoms with Gasteiger partial charge < -0.3 is 11.5 Å². The van der Waals surface area contributed by atoms with Crippen LogP contribution in [0.3, 0.4) is 0 Å². The molecule has 4 N–H and O–H groups in total. The molecule has 1 aromatic rings. The lowest BCUT2D eigenvalue weighted by Crippen LogP contribution is -2.18. The first-order chi connectivity index (χ1) is 7.16. The van der Waals surface area contributed by atoms with E-state index >= 15 is 0 Å². The zero-order valence-corrected chi connectivity index (χ0v) is 10.7. The van der Waals surface area contributed by atoms with Crippen molar-refractivity contribution in [1.82, 2.24) is 0 Å². The lowest BCUT2D eigenvalue weighted by molar-refractivity contribution is 0.256. The van der Waals surface area contributed by atoms with Gasteiger partial charge in [0.05, 0.1) is 10.0 Å². The maximum atomic E-state index is 10.9. The topological polar surface area (TPSA) is 103 Å². The number of amides is 2. The third-order valence-electron chi connectivity index (χ3n) is 1.16. The van der Waals surface area contributed by atoms with E-state index in [2.05, 4.69) is 11.5 Å². The molecular weight excluding hydrogens is 299 g/mol. The van der Waals surface area contributed by atoms with Crippen molar-refractivity contribution in [3.63, 3.8) is 0 Å². The summed E-state index contributed by atoms with van der Waals surface area (Å²) in [6, 6.07) is 3.52. The van der Waals surface area contributed by atoms with Crippen molar-refractivity contribution in [2.75, 3.05) is 0 Å². The quantitative estimate of drug-likeness (QED) is 0.775. The molecule has 0 atom stereocenters. The van der Waals surface area contributed by atoms with Crippen molar-refractivity contribution in [3.05, 3.63) is 28.2 Å². The van der Waals surface area contributed by atoms with Gasteiger partial charge in [-0.3, -0.25) is 0 Å². The largest absolute Gasteiger partial charge is 0.352 e. The summed E-state index contributed by atoms with van der Waals surface area (Å²) in [5.74, 6) is 0. The van der Waals surface area contributed by atoms with Gasteiger partial charge in [-0.05, 0) is 12.1 Å². The highest BCUT2D eigenvalue weighted by Gasteiger charge is 2.18. The molecule has 9 heteroatoms. The van der Waals surface area contributed by atoms with E-state index in [-0.39, 0.29) is 14.9 Å². The van der Waals surface area contributed by atoms with Crippen LogP contribution in [0.1, 0.15) is 0 Å². The normalized spacial score (nSPS) is 10.2. The van der Waals surface area contributed by atoms with E-state index in [0.717, 1.165) is 0 Å². The van der Waals surface area contributed by atoms with Crippen LogP contribution in [0.15, 0.2) is 23.1 Å². The maximum Gasteiger partial charge on any atom is 0.309 e. The van der Waals surface area contributed by atoms with Crippen LogP contribution in [0.2, 0.25) is 10.0 Å². The average molecular weight is 306 g/mol. The molecule has 90 valence electrons. The fourth-order valence-electron chi connectivity index (χ4n) is 0.715. The Morgan fingerprint density at radius 3 is 1.62 bits per heavy atom. The number of hydrogen-bond acceptors (Lipinski definition) is 3. The number of nitrogens with two attached hydrogens (primary N) is 2. The Labute approximate surface area is 107 Å². The summed E-state index contributed by atoms with van der Waals surface area (Å²) in [6.45, 7) is 0. The Morgan fingerprint density at radius 1 is 1.12 bits per heavy atom. The van der Waals surface area contributed by atoms with Gasteiger partial charge in [-0.1, -0.05) is 29.3 Å². The number of halogens is 3. The highest BCUT2D eigenvalue weighted by molar-refractivity contribution is 8.14. The van der Waals surface area contributed by atoms with E-state index in [1.54, 1.807) is 0 Å². The molecule has 0 radical (unpaired) electrons. The van der Waals surface area contributed by atoms with E-state index in [0.29, 0.717) is 0 Å². The summed E-state index contributed by atoms with van der Waals surface area (Å²) >= 11 is 11.1. The predicted octanol–water partition coefficient (Wildman–Crippen LogP) is 1.94. The van der Waals surface area contributed by atoms with Crippen LogP contribution in [0, 0.1) is 0 Å². The molecule has 0 saturated carbocycles. The number of hydrogen-bond donors (Lipinski definition) is 2. The van der Waals surface area contributed by atoms with Crippen LogP contribution in [-0.4, -0.2) is 14.4 Å². The van der Waals surface area contributed by atoms with Gasteiger partial charge in [0.15, 0.2) is 0 Å². The zero-order chi connectivity index (χ0) is 12.9. The van der Waals surface area contributed by atoms with Gasteiger partial charge in [-0.2, -0.15) is 0 Å². The monoisotopic (exact) mass is 304 g/mol. The van der Waals surface area contributed by atoms with Gasteiger partial charge in [-0.25, -0.2) is 13.2 Å². The van der Waals surface area contributed by atoms with Gasteiger partial charge in [0, 0.05) is 10.7 Å². The summed E-state index contributed by atoms with van der Waals surface area (Å²) in [5, 5.41) is 0.0509. The number of primary amides is 2. The van der Waals surface area contributed by atoms with E-state index in [4.69, 9.17) is 38.7 Å². The van der Waals surface area contributed by atoms with Crippen molar-refractivity contribution < 1.29 is 13.2 Å². The molecule has 0 aromatic heterocycles. The molecule has 0 aliphatic rings. The summed E-state index contributed by atoms with van der Waals surface area (Å²) in [6.07, 6.45) is 0. The van der Waals surface area contributed by atoms with Crippen LogP contribution >= 0.6 is 33.9 Å². The highest BCUT2D eigenvalue weighted by Crippen LogP contribution is 2.31. The molecule has 1 aromatic carbocycles. The third kappa shape index (κ3) is 5.41. The van der Waals surface area contributed by atoms with Crippen molar-refractivity contribution in [2.45, 2.75) is 4.90 Å². The fraction of sp³-hybridized carbons (Fsp3) is 0. The van der Waals surface area contributed by atoms with E-state index in [1.807, 2.05) is 0 Å². The molecule has 0 bridgehead atoms. The Kier molecular flexibility index (Phi) is 5.88. The van der Waals surface area contributed by atoms with Gasteiger partial charge in [0.1, 0.15) is 4.90 Å². The molecule has 5 nitrogen and oxygen atoms in total. The molecular formula is C7H7Cl3N2O3S. The second-order valence-corrected chi connectivity index (χ2v) is 5.71. The third-order valence-corrected chi connectivity index (χ3v) is 3.41. The molecule has 0 unspecified atom stereocenters. The van der Waals surface area contributed by atoms with Crippen molar-refractivity contribution in [1.29, 1.82) is 0 Å². The summed E-state index contributed by atoms with van der Waals surface area (Å²) in [4.78, 5) is 8.76. The fourth-order valence-corrected chi connectivity index (χ4v) is 3.06. The second-order valence-electron chi connectivity index (χ2n) is 2.39. The summed E-state index contributed by atoms with van der Waals surface area (Å²) in [7, 11) is 1.22. The number of carbonyl (C=O) groups is 1. The first-order valence-electron chi connectivity index (χ1n) is 3.60. The summed E-state index contributed by atoms with van der Waals surface area (Å²) in [5.41, 5.74) is 8.50. The minimum atomic E-state index is -3.86. The molecule has 0 aliphatic carbocycles. The highest BCUT2D eigenvalue weighted by atomic mass is 35.7. The van der Waals surface area contributed by atoms with Crippen molar-refractivity contribution in [2.24, 2.45) is 11.5 Å². The number of benzene rings is 1. The van der Waals surface area contributed by atoms with Crippen LogP contribution in [0.25, 0.3) is 0 Å². The Balaban J connectivity index is 0.000000487. The van der Waals surface area contributed by atoms with Crippen LogP contribution in [-0.2, 0) is 9.05 Å². The number of urea groups is 1. The molecule has 1 rings (SSSR count). The van der Waals surface area contributed by atoms with Crippen LogP contribution in [0.4, 0.5) is 4.79 Å². The van der Waals surface area contributed by atoms with Crippen molar-refractivity contribution in [3.8, 4) is 0 Å². The minimum Gasteiger partial charge on any atom is -0.352 e. The Morgan fingerprint density at radius 2 is 1.44 bits per heavy atom. The first-order valence-corrected chi connectivity index (χ1v) is 6.66. The molecule has 16 heavy (non-hydrogen) atoms. The van der Waals surface area contributed by atoms with Gasteiger partial charge >= 0.3 is 6.03 Å². The number of rotatable bonds is 1. The van der Waals surface area contributed by atoms with Crippen LogP contribution in [0.5, 0.6) is 0 Å². The van der Waals surface area contributed by atoms with E-state index in [1.165, 1.54) is 18.2 Å². The van der Waals surface area contributed by atoms with Gasteiger partial charge in [0.25, 0.3) is 9.05 Å². The smallest absolute Gasteiger partial charge is 0.309 e. The predicted molar refractivity (Wildman–Crippen MR) is 63.3 cm³/mol. The van der Waals surface area contributed by atoms with Crippen LogP contribution < -0.4 is 11.5 Å². The molecule has 0 saturated heterocycles. The lowest BCUT2D eigenvalue weighted by atomic mass is 10.4. The maximum absolute atomic E-state index is 10.9. The lowest BCUT2D eigenvalue weighted by Gasteiger charge is -2.00. The van der Waals surface area contributed by atoms with E-state index < -0.39 is 15.1 Å². The molecule has 0 fully saturated rings. The molecule has 0 spiro atoms. The Hall–Kier alpha value is -0.690. The molecule has 0 aliphatic heterocycles. The zero-order valence-electron chi connectivity index (χ0n) is 7.65. The SMILES string of the molecule is NC(N)=O.O=S(=O)(Cl)c1c(Cl)cccc1Cl. The van der Waals surface area contributed by atoms with E-state index in [9.17, 15) is 8.42 Å². The van der Waals surface area contributed by atoms with Crippen molar-refractivity contribution >= 4 is 49.0 Å². The summed E-state index contributed by atoms with van der Waals surface area (Å²) < 4.78 is 21.7. The molecule has 0 heterocycles. The van der Waals surface area contributed by atoms with Gasteiger partial charge in [0.2, 0.25) is 0 Å². The molecule has 2 amide bonds. The second kappa shape index (κ2) is 6.15. The Bertz CT molecular complexity index is 465. The average Bonchev–Trinajstić information content (AvgIpc) is 1.98. The minimum absolute atomic E-state index is 0.0255. The van der Waals surface area contributed by atoms with Gasteiger partial charge in [-0.15, -0.1) is 0 Å². The number of carbonyl (C=O) groups excluding carboxylic acids is 1. The standard InChI is InChI=1S/C6H3Cl3O2S.CH4N2O/c7-4-2-1-3-5(8)6(4)12(9,10)11;2-1(3)4/h1-3H;(H4,2,3,4). The first kappa shape index (κ1) is 15.3.